The minimum Gasteiger partial charge on any atom is -0.396 e. The van der Waals surface area contributed by atoms with Gasteiger partial charge in [0.25, 0.3) is 0 Å². The second kappa shape index (κ2) is 4.18. The summed E-state index contributed by atoms with van der Waals surface area (Å²) >= 11 is 0. The molecule has 2 heterocycles. The molecule has 1 aliphatic rings. The largest absolute Gasteiger partial charge is 0.396 e. The highest BCUT2D eigenvalue weighted by atomic mass is 16.3. The topological polar surface area (TPSA) is 110 Å². The van der Waals surface area contributed by atoms with Gasteiger partial charge in [0.15, 0.2) is 11.5 Å². The van der Waals surface area contributed by atoms with Crippen molar-refractivity contribution in [1.82, 2.24) is 19.5 Å². The monoisotopic (exact) mass is 249 g/mol. The number of nitrogens with two attached hydrogens (primary N) is 1. The number of aliphatic hydroxyl groups is 2. The van der Waals surface area contributed by atoms with E-state index < -0.39 is 0 Å². The van der Waals surface area contributed by atoms with E-state index in [1.807, 2.05) is 4.57 Å². The first kappa shape index (κ1) is 11.4. The van der Waals surface area contributed by atoms with Gasteiger partial charge in [-0.3, -0.25) is 0 Å². The Morgan fingerprint density at radius 1 is 1.28 bits per heavy atom. The van der Waals surface area contributed by atoms with E-state index >= 15 is 0 Å². The number of imidazole rings is 1. The molecular weight excluding hydrogens is 234 g/mol. The number of nitrogen functional groups attached to an aromatic ring is 1. The van der Waals surface area contributed by atoms with Crippen LogP contribution in [0.3, 0.4) is 0 Å². The number of rotatable bonds is 3. The van der Waals surface area contributed by atoms with Crippen molar-refractivity contribution in [3.63, 3.8) is 0 Å². The standard InChI is InChI=1S/C11H15N5O2/c12-10-9-11(14-4-13-10)16(5-15-9)8-1-6(2-17)7(8)3-18/h4-8,17-18H,1-3H2,(H2,12,13,14)/t6-,7-,8?/m0/s1. The molecule has 2 aromatic heterocycles. The van der Waals surface area contributed by atoms with Gasteiger partial charge >= 0.3 is 0 Å². The average Bonchev–Trinajstić information content (AvgIpc) is 2.75. The Hall–Kier alpha value is -1.73. The third-order valence-electron chi connectivity index (χ3n) is 3.83. The number of hydrogen-bond acceptors (Lipinski definition) is 6. The summed E-state index contributed by atoms with van der Waals surface area (Å²) in [6, 6.07) is 0.117. The van der Waals surface area contributed by atoms with Gasteiger partial charge in [-0.25, -0.2) is 15.0 Å². The highest BCUT2D eigenvalue weighted by Gasteiger charge is 2.41. The van der Waals surface area contributed by atoms with Crippen LogP contribution in [0, 0.1) is 11.8 Å². The average molecular weight is 249 g/mol. The minimum atomic E-state index is 0.0450. The van der Waals surface area contributed by atoms with Crippen LogP contribution in [0.5, 0.6) is 0 Å². The maximum atomic E-state index is 9.38. The summed E-state index contributed by atoms with van der Waals surface area (Å²) in [6.45, 7) is 0.154. The van der Waals surface area contributed by atoms with Crippen molar-refractivity contribution < 1.29 is 10.2 Å². The van der Waals surface area contributed by atoms with Gasteiger partial charge in [0, 0.05) is 25.2 Å². The van der Waals surface area contributed by atoms with Crippen LogP contribution in [0.15, 0.2) is 12.7 Å². The molecule has 0 aromatic carbocycles. The number of fused-ring (bicyclic) bond motifs is 1. The van der Waals surface area contributed by atoms with E-state index in [4.69, 9.17) is 5.73 Å². The van der Waals surface area contributed by atoms with Crippen molar-refractivity contribution in [2.24, 2.45) is 11.8 Å². The summed E-state index contributed by atoms with van der Waals surface area (Å²) in [5.41, 5.74) is 7.00. The zero-order chi connectivity index (χ0) is 12.7. The Balaban J connectivity index is 1.99. The summed E-state index contributed by atoms with van der Waals surface area (Å²) in [7, 11) is 0. The number of nitrogens with zero attached hydrogens (tertiary/aromatic N) is 4. The van der Waals surface area contributed by atoms with Crippen molar-refractivity contribution in [3.05, 3.63) is 12.7 Å². The molecule has 3 atom stereocenters. The molecule has 18 heavy (non-hydrogen) atoms. The molecule has 0 spiro atoms. The van der Waals surface area contributed by atoms with Gasteiger partial charge in [-0.1, -0.05) is 0 Å². The van der Waals surface area contributed by atoms with E-state index in [9.17, 15) is 10.2 Å². The maximum Gasteiger partial charge on any atom is 0.165 e. The van der Waals surface area contributed by atoms with Crippen molar-refractivity contribution in [1.29, 1.82) is 0 Å². The van der Waals surface area contributed by atoms with Crippen LogP contribution in [0.1, 0.15) is 12.5 Å². The molecule has 0 aliphatic heterocycles. The molecule has 0 saturated heterocycles. The summed E-state index contributed by atoms with van der Waals surface area (Å²) in [4.78, 5) is 12.3. The number of aromatic nitrogens is 4. The van der Waals surface area contributed by atoms with E-state index in [1.165, 1.54) is 6.33 Å². The Bertz CT molecular complexity index is 570. The fraction of sp³-hybridized carbons (Fsp3) is 0.545. The smallest absolute Gasteiger partial charge is 0.165 e. The van der Waals surface area contributed by atoms with E-state index in [0.29, 0.717) is 17.0 Å². The van der Waals surface area contributed by atoms with Crippen LogP contribution < -0.4 is 5.73 Å². The minimum absolute atomic E-state index is 0.0450. The summed E-state index contributed by atoms with van der Waals surface area (Å²) in [5, 5.41) is 18.6. The molecule has 1 fully saturated rings. The lowest BCUT2D eigenvalue weighted by atomic mass is 9.70. The summed E-state index contributed by atoms with van der Waals surface area (Å²) < 4.78 is 1.92. The second-order valence-electron chi connectivity index (χ2n) is 4.68. The predicted octanol–water partition coefficient (Wildman–Crippen LogP) is -0.430. The van der Waals surface area contributed by atoms with Gasteiger partial charge in [-0.05, 0) is 12.3 Å². The van der Waals surface area contributed by atoms with Gasteiger partial charge < -0.3 is 20.5 Å². The van der Waals surface area contributed by atoms with Gasteiger partial charge in [-0.2, -0.15) is 0 Å². The highest BCUT2D eigenvalue weighted by molar-refractivity contribution is 5.81. The van der Waals surface area contributed by atoms with Crippen LogP contribution in [-0.4, -0.2) is 42.9 Å². The van der Waals surface area contributed by atoms with Gasteiger partial charge in [-0.15, -0.1) is 0 Å². The number of anilines is 1. The molecule has 96 valence electrons. The molecule has 0 bridgehead atoms. The van der Waals surface area contributed by atoms with E-state index in [1.54, 1.807) is 6.33 Å². The van der Waals surface area contributed by atoms with Gasteiger partial charge in [0.1, 0.15) is 11.8 Å². The van der Waals surface area contributed by atoms with Crippen LogP contribution in [0.4, 0.5) is 5.82 Å². The van der Waals surface area contributed by atoms with Gasteiger partial charge in [0.05, 0.1) is 6.33 Å². The van der Waals surface area contributed by atoms with Crippen LogP contribution in [0.2, 0.25) is 0 Å². The normalized spacial score (nSPS) is 27.3. The molecule has 2 aromatic rings. The van der Waals surface area contributed by atoms with Crippen molar-refractivity contribution in [2.45, 2.75) is 12.5 Å². The fourth-order valence-corrected chi connectivity index (χ4v) is 2.69. The van der Waals surface area contributed by atoms with Gasteiger partial charge in [0.2, 0.25) is 0 Å². The Labute approximate surface area is 103 Å². The Morgan fingerprint density at radius 2 is 2.11 bits per heavy atom. The molecule has 4 N–H and O–H groups in total. The van der Waals surface area contributed by atoms with Crippen LogP contribution in [0.25, 0.3) is 11.2 Å². The molecule has 1 aliphatic carbocycles. The quantitative estimate of drug-likeness (QED) is 0.681. The van der Waals surface area contributed by atoms with Crippen LogP contribution in [-0.2, 0) is 0 Å². The van der Waals surface area contributed by atoms with E-state index in [-0.39, 0.29) is 31.1 Å². The third-order valence-corrected chi connectivity index (χ3v) is 3.83. The molecule has 7 nitrogen and oxygen atoms in total. The lowest BCUT2D eigenvalue weighted by Crippen LogP contribution is -2.42. The lowest BCUT2D eigenvalue weighted by molar-refractivity contribution is -0.00529. The summed E-state index contributed by atoms with van der Waals surface area (Å²) in [6.07, 6.45) is 3.90. The molecule has 3 rings (SSSR count). The van der Waals surface area contributed by atoms with Crippen LogP contribution >= 0.6 is 0 Å². The van der Waals surface area contributed by atoms with E-state index in [2.05, 4.69) is 15.0 Å². The highest BCUT2D eigenvalue weighted by Crippen LogP contribution is 2.44. The molecule has 0 radical (unpaired) electrons. The van der Waals surface area contributed by atoms with Crippen molar-refractivity contribution in [2.75, 3.05) is 18.9 Å². The molecule has 1 saturated carbocycles. The molecule has 7 heteroatoms. The first-order valence-corrected chi connectivity index (χ1v) is 5.91. The van der Waals surface area contributed by atoms with Crippen molar-refractivity contribution >= 4 is 17.0 Å². The number of hydrogen-bond donors (Lipinski definition) is 3. The lowest BCUT2D eigenvalue weighted by Gasteiger charge is -2.43. The maximum absolute atomic E-state index is 9.38. The first-order valence-electron chi connectivity index (χ1n) is 5.91. The zero-order valence-electron chi connectivity index (χ0n) is 9.77. The zero-order valence-corrected chi connectivity index (χ0v) is 9.77. The van der Waals surface area contributed by atoms with Crippen molar-refractivity contribution in [3.8, 4) is 0 Å². The summed E-state index contributed by atoms with van der Waals surface area (Å²) in [5.74, 6) is 0.553. The number of aliphatic hydroxyl groups excluding tert-OH is 2. The molecule has 1 unspecified atom stereocenters. The molecular formula is C11H15N5O2. The second-order valence-corrected chi connectivity index (χ2v) is 4.68. The van der Waals surface area contributed by atoms with E-state index in [0.717, 1.165) is 6.42 Å². The first-order chi connectivity index (χ1) is 8.76. The Morgan fingerprint density at radius 3 is 2.83 bits per heavy atom. The molecule has 0 amide bonds. The SMILES string of the molecule is Nc1ncnc2c1ncn2C1C[C@@H](CO)[C@@H]1CO. The third kappa shape index (κ3) is 1.48. The predicted molar refractivity (Wildman–Crippen MR) is 64.5 cm³/mol. The fourth-order valence-electron chi connectivity index (χ4n) is 2.69. The Kier molecular flexibility index (Phi) is 2.64.